The quantitative estimate of drug-likeness (QED) is 0.773. The third-order valence-corrected chi connectivity index (χ3v) is 3.66. The molecule has 4 heteroatoms. The zero-order chi connectivity index (χ0) is 15.9. The van der Waals surface area contributed by atoms with E-state index >= 15 is 0 Å². The second-order valence-electron chi connectivity index (χ2n) is 6.27. The van der Waals surface area contributed by atoms with Crippen LogP contribution in [0.4, 0.5) is 5.69 Å². The van der Waals surface area contributed by atoms with Gasteiger partial charge in [-0.25, -0.2) is 0 Å². The van der Waals surface area contributed by atoms with Gasteiger partial charge in [-0.3, -0.25) is 9.69 Å². The summed E-state index contributed by atoms with van der Waals surface area (Å²) in [5, 5.41) is 2.95. The Bertz CT molecular complexity index is 440. The highest BCUT2D eigenvalue weighted by Gasteiger charge is 2.20. The van der Waals surface area contributed by atoms with Gasteiger partial charge >= 0.3 is 0 Å². The molecule has 0 aliphatic heterocycles. The van der Waals surface area contributed by atoms with E-state index in [0.29, 0.717) is 13.1 Å². The first-order valence-electron chi connectivity index (χ1n) is 7.71. The number of rotatable bonds is 8. The molecule has 0 radical (unpaired) electrons. The Morgan fingerprint density at radius 3 is 2.33 bits per heavy atom. The molecular formula is C17H29N3O. The van der Waals surface area contributed by atoms with Crippen LogP contribution in [0.15, 0.2) is 24.3 Å². The topological polar surface area (TPSA) is 58.4 Å². The second-order valence-corrected chi connectivity index (χ2v) is 6.27. The average molecular weight is 291 g/mol. The highest BCUT2D eigenvalue weighted by atomic mass is 16.2. The van der Waals surface area contributed by atoms with Crippen molar-refractivity contribution in [3.05, 3.63) is 29.8 Å². The Balaban J connectivity index is 2.54. The van der Waals surface area contributed by atoms with Crippen molar-refractivity contribution in [3.63, 3.8) is 0 Å². The first kappa shape index (κ1) is 17.7. The maximum absolute atomic E-state index is 12.1. The van der Waals surface area contributed by atoms with Crippen LogP contribution in [0.2, 0.25) is 0 Å². The fourth-order valence-electron chi connectivity index (χ4n) is 2.18. The normalized spacial score (nSPS) is 11.7. The minimum atomic E-state index is 0.0221. The molecule has 0 aliphatic rings. The molecule has 0 spiro atoms. The number of benzene rings is 1. The molecule has 0 fully saturated rings. The molecule has 0 bridgehead atoms. The van der Waals surface area contributed by atoms with E-state index in [0.717, 1.165) is 25.2 Å². The molecule has 1 aromatic carbocycles. The monoisotopic (exact) mass is 291 g/mol. The summed E-state index contributed by atoms with van der Waals surface area (Å²) in [6, 6.07) is 8.00. The van der Waals surface area contributed by atoms with Gasteiger partial charge < -0.3 is 11.1 Å². The van der Waals surface area contributed by atoms with Crippen LogP contribution in [0.5, 0.6) is 0 Å². The van der Waals surface area contributed by atoms with Gasteiger partial charge in [0.2, 0.25) is 5.91 Å². The van der Waals surface area contributed by atoms with E-state index in [4.69, 9.17) is 5.73 Å². The number of amides is 1. The number of hydrogen-bond acceptors (Lipinski definition) is 3. The van der Waals surface area contributed by atoms with Gasteiger partial charge in [0.15, 0.2) is 0 Å². The summed E-state index contributed by atoms with van der Waals surface area (Å²) < 4.78 is 0. The Morgan fingerprint density at radius 1 is 1.24 bits per heavy atom. The van der Waals surface area contributed by atoms with Crippen molar-refractivity contribution in [2.45, 2.75) is 34.1 Å². The van der Waals surface area contributed by atoms with Crippen LogP contribution >= 0.6 is 0 Å². The molecule has 1 rings (SSSR count). The van der Waals surface area contributed by atoms with Gasteiger partial charge in [-0.15, -0.1) is 0 Å². The molecule has 0 aromatic heterocycles. The van der Waals surface area contributed by atoms with Crippen LogP contribution in [0.1, 0.15) is 33.3 Å². The number of carbonyl (C=O) groups excluding carboxylic acids is 1. The maximum atomic E-state index is 12.1. The number of anilines is 1. The summed E-state index contributed by atoms with van der Waals surface area (Å²) in [7, 11) is 0. The number of nitrogens with two attached hydrogens (primary N) is 1. The molecule has 0 unspecified atom stereocenters. The summed E-state index contributed by atoms with van der Waals surface area (Å²) in [4.78, 5) is 14.3. The minimum absolute atomic E-state index is 0.0221. The highest BCUT2D eigenvalue weighted by Crippen LogP contribution is 2.15. The van der Waals surface area contributed by atoms with Crippen molar-refractivity contribution >= 4 is 11.6 Å². The van der Waals surface area contributed by atoms with E-state index in [1.807, 2.05) is 24.3 Å². The molecule has 118 valence electrons. The molecule has 4 nitrogen and oxygen atoms in total. The molecule has 0 heterocycles. The van der Waals surface area contributed by atoms with Gasteiger partial charge in [0.25, 0.3) is 0 Å². The molecule has 21 heavy (non-hydrogen) atoms. The number of likely N-dealkylation sites (N-methyl/N-ethyl adjacent to an activating group) is 1. The van der Waals surface area contributed by atoms with Gasteiger partial charge in [-0.2, -0.15) is 0 Å². The standard InChI is InChI=1S/C17H29N3O/c1-5-14-7-9-15(10-8-14)19-16(21)11-20(6-2)13-17(3,4)12-18/h7-10H,5-6,11-13,18H2,1-4H3,(H,19,21). The van der Waals surface area contributed by atoms with Crippen molar-refractivity contribution < 1.29 is 4.79 Å². The van der Waals surface area contributed by atoms with Crippen LogP contribution < -0.4 is 11.1 Å². The van der Waals surface area contributed by atoms with Crippen molar-refractivity contribution in [1.82, 2.24) is 4.90 Å². The summed E-state index contributed by atoms with van der Waals surface area (Å²) in [5.41, 5.74) is 7.91. The number of aryl methyl sites for hydroxylation is 1. The summed E-state index contributed by atoms with van der Waals surface area (Å²) in [6.07, 6.45) is 1.01. The first-order valence-corrected chi connectivity index (χ1v) is 7.71. The van der Waals surface area contributed by atoms with Gasteiger partial charge in [0, 0.05) is 12.2 Å². The van der Waals surface area contributed by atoms with E-state index in [1.54, 1.807) is 0 Å². The van der Waals surface area contributed by atoms with E-state index in [-0.39, 0.29) is 11.3 Å². The molecule has 1 aromatic rings. The second kappa shape index (κ2) is 8.15. The SMILES string of the molecule is CCc1ccc(NC(=O)CN(CC)CC(C)(C)CN)cc1. The van der Waals surface area contributed by atoms with Crippen LogP contribution in [0.25, 0.3) is 0 Å². The average Bonchev–Trinajstić information content (AvgIpc) is 2.47. The smallest absolute Gasteiger partial charge is 0.238 e. The predicted octanol–water partition coefficient (Wildman–Crippen LogP) is 2.49. The number of carbonyl (C=O) groups is 1. The Kier molecular flexibility index (Phi) is 6.85. The van der Waals surface area contributed by atoms with Crippen LogP contribution in [0.3, 0.4) is 0 Å². The Labute approximate surface area is 128 Å². The van der Waals surface area contributed by atoms with Gasteiger partial charge in [-0.1, -0.05) is 39.8 Å². The molecule has 0 saturated heterocycles. The molecule has 0 atom stereocenters. The molecule has 0 saturated carbocycles. The van der Waals surface area contributed by atoms with Crippen molar-refractivity contribution in [1.29, 1.82) is 0 Å². The summed E-state index contributed by atoms with van der Waals surface area (Å²) in [5.74, 6) is 0.0221. The van der Waals surface area contributed by atoms with Crippen LogP contribution in [0, 0.1) is 5.41 Å². The molecular weight excluding hydrogens is 262 g/mol. The molecule has 1 amide bonds. The van der Waals surface area contributed by atoms with E-state index < -0.39 is 0 Å². The van der Waals surface area contributed by atoms with E-state index in [9.17, 15) is 4.79 Å². The Hall–Kier alpha value is -1.39. The lowest BCUT2D eigenvalue weighted by Crippen LogP contribution is -2.42. The van der Waals surface area contributed by atoms with Gasteiger partial charge in [0.05, 0.1) is 6.54 Å². The third kappa shape index (κ3) is 6.27. The van der Waals surface area contributed by atoms with Gasteiger partial charge in [-0.05, 0) is 42.6 Å². The zero-order valence-electron chi connectivity index (χ0n) is 13.8. The van der Waals surface area contributed by atoms with Crippen LogP contribution in [-0.2, 0) is 11.2 Å². The molecule has 0 aliphatic carbocycles. The Morgan fingerprint density at radius 2 is 1.86 bits per heavy atom. The minimum Gasteiger partial charge on any atom is -0.330 e. The van der Waals surface area contributed by atoms with E-state index in [2.05, 4.69) is 37.9 Å². The van der Waals surface area contributed by atoms with Crippen molar-refractivity contribution in [3.8, 4) is 0 Å². The first-order chi connectivity index (χ1) is 9.90. The largest absolute Gasteiger partial charge is 0.330 e. The van der Waals surface area contributed by atoms with Crippen LogP contribution in [-0.4, -0.2) is 37.0 Å². The zero-order valence-corrected chi connectivity index (χ0v) is 13.8. The lowest BCUT2D eigenvalue weighted by molar-refractivity contribution is -0.117. The van der Waals surface area contributed by atoms with Crippen molar-refractivity contribution in [2.75, 3.05) is 31.5 Å². The van der Waals surface area contributed by atoms with E-state index in [1.165, 1.54) is 5.56 Å². The molecule has 3 N–H and O–H groups in total. The third-order valence-electron chi connectivity index (χ3n) is 3.66. The lowest BCUT2D eigenvalue weighted by atomic mass is 9.93. The fraction of sp³-hybridized carbons (Fsp3) is 0.588. The number of hydrogen-bond donors (Lipinski definition) is 2. The highest BCUT2D eigenvalue weighted by molar-refractivity contribution is 5.92. The van der Waals surface area contributed by atoms with Crippen molar-refractivity contribution in [2.24, 2.45) is 11.1 Å². The number of nitrogens with one attached hydrogen (secondary N) is 1. The predicted molar refractivity (Wildman–Crippen MR) is 89.4 cm³/mol. The maximum Gasteiger partial charge on any atom is 0.238 e. The fourth-order valence-corrected chi connectivity index (χ4v) is 2.18. The summed E-state index contributed by atoms with van der Waals surface area (Å²) >= 11 is 0. The lowest BCUT2D eigenvalue weighted by Gasteiger charge is -2.30. The number of nitrogens with zero attached hydrogens (tertiary/aromatic N) is 1. The van der Waals surface area contributed by atoms with Gasteiger partial charge in [0.1, 0.15) is 0 Å². The summed E-state index contributed by atoms with van der Waals surface area (Å²) in [6.45, 7) is 11.1.